The number of nitrogens with one attached hydrogen (secondary N) is 2. The number of fused-ring (bicyclic) bond motifs is 1. The Hall–Kier alpha value is -2.67. The zero-order chi connectivity index (χ0) is 25.2. The van der Waals surface area contributed by atoms with Crippen LogP contribution in [0.2, 0.25) is 0 Å². The van der Waals surface area contributed by atoms with E-state index in [1.165, 1.54) is 19.1 Å². The maximum atomic E-state index is 13.3. The maximum absolute atomic E-state index is 13.3. The first-order valence-electron chi connectivity index (χ1n) is 11.2. The molecular formula is C23H26F3N3O5S. The molecule has 0 aliphatic carbocycles. The monoisotopic (exact) mass is 513 g/mol. The molecule has 190 valence electrons. The lowest BCUT2D eigenvalue weighted by molar-refractivity contribution is -0.215. The Labute approximate surface area is 204 Å². The fourth-order valence-electron chi connectivity index (χ4n) is 4.05. The number of para-hydroxylation sites is 1. The predicted octanol–water partition coefficient (Wildman–Crippen LogP) is 2.49. The molecule has 0 radical (unpaired) electrons. The Balaban J connectivity index is 1.37. The third kappa shape index (κ3) is 5.77. The molecule has 2 amide bonds. The average molecular weight is 514 g/mol. The zero-order valence-electron chi connectivity index (χ0n) is 18.9. The van der Waals surface area contributed by atoms with Crippen molar-refractivity contribution in [3.8, 4) is 5.75 Å². The van der Waals surface area contributed by atoms with Crippen molar-refractivity contribution < 1.29 is 37.3 Å². The lowest BCUT2D eigenvalue weighted by Crippen LogP contribution is -2.53. The number of hydrogen-bond donors (Lipinski definition) is 3. The highest BCUT2D eigenvalue weighted by atomic mass is 32.1. The number of carbonyl (C=O) groups excluding carboxylic acids is 2. The second kappa shape index (κ2) is 10.5. The smallest absolute Gasteiger partial charge is 0.427 e. The molecule has 1 saturated heterocycles. The minimum absolute atomic E-state index is 0.147. The first-order chi connectivity index (χ1) is 16.6. The van der Waals surface area contributed by atoms with Crippen LogP contribution in [-0.2, 0) is 11.2 Å². The van der Waals surface area contributed by atoms with Crippen LogP contribution in [0.5, 0.6) is 5.75 Å². The molecule has 0 bridgehead atoms. The van der Waals surface area contributed by atoms with E-state index in [2.05, 4.69) is 10.6 Å². The molecule has 12 heteroatoms. The van der Waals surface area contributed by atoms with Crippen LogP contribution >= 0.6 is 11.3 Å². The van der Waals surface area contributed by atoms with Gasteiger partial charge in [-0.1, -0.05) is 12.1 Å². The molecule has 0 spiro atoms. The van der Waals surface area contributed by atoms with E-state index in [0.29, 0.717) is 40.8 Å². The molecule has 3 heterocycles. The lowest BCUT2D eigenvalue weighted by atomic mass is 10.1. The number of aliphatic hydroxyl groups excluding tert-OH is 1. The number of rotatable bonds is 7. The molecule has 2 aromatic rings. The van der Waals surface area contributed by atoms with E-state index >= 15 is 0 Å². The van der Waals surface area contributed by atoms with Gasteiger partial charge < -0.3 is 24.8 Å². The number of morpholine rings is 1. The van der Waals surface area contributed by atoms with Crippen LogP contribution in [0.4, 0.5) is 13.2 Å². The highest BCUT2D eigenvalue weighted by Crippen LogP contribution is 2.31. The fraction of sp³-hybridized carbons (Fsp3) is 0.478. The summed E-state index contributed by atoms with van der Waals surface area (Å²) in [6.45, 7) is 3.16. The fourth-order valence-corrected chi connectivity index (χ4v) is 4.98. The molecule has 8 nitrogen and oxygen atoms in total. The first kappa shape index (κ1) is 25.4. The van der Waals surface area contributed by atoms with Crippen LogP contribution in [0.3, 0.4) is 0 Å². The summed E-state index contributed by atoms with van der Waals surface area (Å²) < 4.78 is 48.9. The number of nitrogens with zero attached hydrogens (tertiary/aromatic N) is 1. The van der Waals surface area contributed by atoms with E-state index < -0.39 is 24.4 Å². The topological polar surface area (TPSA) is 100 Å². The average Bonchev–Trinajstić information content (AvgIpc) is 3.51. The van der Waals surface area contributed by atoms with Crippen LogP contribution in [0.1, 0.15) is 43.4 Å². The van der Waals surface area contributed by atoms with Crippen molar-refractivity contribution in [2.45, 2.75) is 37.8 Å². The Morgan fingerprint density at radius 2 is 2.06 bits per heavy atom. The molecule has 2 aliphatic heterocycles. The van der Waals surface area contributed by atoms with Crippen LogP contribution in [0.15, 0.2) is 30.3 Å². The molecule has 2 aliphatic rings. The normalized spacial score (nSPS) is 19.6. The van der Waals surface area contributed by atoms with Crippen molar-refractivity contribution >= 4 is 23.2 Å². The number of aliphatic hydroxyl groups is 1. The van der Waals surface area contributed by atoms with Crippen LogP contribution < -0.4 is 15.4 Å². The van der Waals surface area contributed by atoms with E-state index in [1.807, 2.05) is 12.1 Å². The Morgan fingerprint density at radius 3 is 2.83 bits per heavy atom. The number of benzene rings is 1. The number of hydrogen-bond acceptors (Lipinski definition) is 7. The highest BCUT2D eigenvalue weighted by Gasteiger charge is 2.39. The van der Waals surface area contributed by atoms with Gasteiger partial charge in [-0.3, -0.25) is 14.9 Å². The summed E-state index contributed by atoms with van der Waals surface area (Å²) in [5.41, 5.74) is 1.48. The minimum atomic E-state index is -4.79. The predicted molar refractivity (Wildman–Crippen MR) is 122 cm³/mol. The lowest BCUT2D eigenvalue weighted by Gasteiger charge is -2.36. The summed E-state index contributed by atoms with van der Waals surface area (Å²) in [7, 11) is 0. The molecule has 1 aromatic carbocycles. The van der Waals surface area contributed by atoms with Crippen molar-refractivity contribution in [3.05, 3.63) is 51.2 Å². The Bertz CT molecular complexity index is 1080. The van der Waals surface area contributed by atoms with Crippen LogP contribution in [0.25, 0.3) is 0 Å². The number of ether oxygens (including phenoxy) is 2. The summed E-state index contributed by atoms with van der Waals surface area (Å²) in [5, 5.41) is 14.1. The molecule has 4 rings (SSSR count). The molecule has 1 aromatic heterocycles. The zero-order valence-corrected chi connectivity index (χ0v) is 19.7. The number of thiophene rings is 1. The SMILES string of the molecule is CC(NC(O)C(F)(F)F)c1ccc(C(=O)NCC2COCCN2C(=O)c2cccc3c2OCC3)s1. The number of alkyl halides is 3. The molecule has 3 unspecified atom stereocenters. The van der Waals surface area contributed by atoms with Gasteiger partial charge in [-0.05, 0) is 30.7 Å². The van der Waals surface area contributed by atoms with E-state index in [1.54, 1.807) is 11.0 Å². The second-order valence-electron chi connectivity index (χ2n) is 8.36. The number of carbonyl (C=O) groups is 2. The van der Waals surface area contributed by atoms with Gasteiger partial charge in [-0.25, -0.2) is 0 Å². The van der Waals surface area contributed by atoms with Crippen LogP contribution in [0, 0.1) is 0 Å². The summed E-state index contributed by atoms with van der Waals surface area (Å²) in [5.74, 6) is 0.0100. The number of amides is 2. The van der Waals surface area contributed by atoms with Crippen LogP contribution in [-0.4, -0.2) is 73.2 Å². The Morgan fingerprint density at radius 1 is 1.26 bits per heavy atom. The Kier molecular flexibility index (Phi) is 7.64. The van der Waals surface area contributed by atoms with Gasteiger partial charge in [0.25, 0.3) is 11.8 Å². The third-order valence-corrected chi connectivity index (χ3v) is 7.19. The van der Waals surface area contributed by atoms with Gasteiger partial charge in [-0.15, -0.1) is 11.3 Å². The quantitative estimate of drug-likeness (QED) is 0.492. The second-order valence-corrected chi connectivity index (χ2v) is 9.48. The van der Waals surface area contributed by atoms with Gasteiger partial charge in [0.2, 0.25) is 6.23 Å². The summed E-state index contributed by atoms with van der Waals surface area (Å²) in [6.07, 6.45) is -6.70. The van der Waals surface area contributed by atoms with Gasteiger partial charge in [0.15, 0.2) is 0 Å². The maximum Gasteiger partial charge on any atom is 0.427 e. The largest absolute Gasteiger partial charge is 0.492 e. The van der Waals surface area contributed by atoms with E-state index in [9.17, 15) is 27.9 Å². The summed E-state index contributed by atoms with van der Waals surface area (Å²) >= 11 is 1.02. The summed E-state index contributed by atoms with van der Waals surface area (Å²) in [4.78, 5) is 28.4. The summed E-state index contributed by atoms with van der Waals surface area (Å²) in [6, 6.07) is 7.35. The minimum Gasteiger partial charge on any atom is -0.492 e. The first-order valence-corrected chi connectivity index (χ1v) is 12.0. The highest BCUT2D eigenvalue weighted by molar-refractivity contribution is 7.14. The standard InChI is InChI=1S/C23H26F3N3O5S/c1-13(28-22(32)23(24,25)26)17-5-6-18(35-17)20(30)27-11-15-12-33-10-8-29(15)21(31)16-4-2-3-14-7-9-34-19(14)16/h2-6,13,15,22,28,32H,7-12H2,1H3,(H,27,30). The molecule has 3 N–H and O–H groups in total. The molecule has 0 saturated carbocycles. The third-order valence-electron chi connectivity index (χ3n) is 5.93. The van der Waals surface area contributed by atoms with Gasteiger partial charge in [0, 0.05) is 30.4 Å². The van der Waals surface area contributed by atoms with Crippen molar-refractivity contribution in [2.24, 2.45) is 0 Å². The van der Waals surface area contributed by atoms with Gasteiger partial charge >= 0.3 is 6.18 Å². The van der Waals surface area contributed by atoms with Crippen molar-refractivity contribution in [1.29, 1.82) is 0 Å². The molecular weight excluding hydrogens is 487 g/mol. The van der Waals surface area contributed by atoms with Gasteiger partial charge in [0.1, 0.15) is 5.75 Å². The van der Waals surface area contributed by atoms with Gasteiger partial charge in [0.05, 0.1) is 36.3 Å². The van der Waals surface area contributed by atoms with E-state index in [4.69, 9.17) is 9.47 Å². The van der Waals surface area contributed by atoms with E-state index in [-0.39, 0.29) is 25.1 Å². The van der Waals surface area contributed by atoms with E-state index in [0.717, 1.165) is 23.3 Å². The van der Waals surface area contributed by atoms with Crippen molar-refractivity contribution in [3.63, 3.8) is 0 Å². The molecule has 35 heavy (non-hydrogen) atoms. The van der Waals surface area contributed by atoms with Crippen molar-refractivity contribution in [1.82, 2.24) is 15.5 Å². The molecule has 1 fully saturated rings. The van der Waals surface area contributed by atoms with Gasteiger partial charge in [-0.2, -0.15) is 13.2 Å². The number of halogens is 3. The van der Waals surface area contributed by atoms with Crippen molar-refractivity contribution in [2.75, 3.05) is 32.9 Å². The molecule has 3 atom stereocenters.